The molecule has 0 heterocycles. The molecule has 0 aliphatic rings. The summed E-state index contributed by atoms with van der Waals surface area (Å²) in [5.41, 5.74) is 0. The van der Waals surface area contributed by atoms with Crippen molar-refractivity contribution in [3.05, 3.63) is 22.7 Å². The van der Waals surface area contributed by atoms with Crippen molar-refractivity contribution < 1.29 is 0 Å². The molecule has 0 saturated heterocycles. The van der Waals surface area contributed by atoms with E-state index in [1.54, 1.807) is 0 Å². The quantitative estimate of drug-likeness (QED) is 0.408. The molecule has 0 aliphatic heterocycles. The molecule has 0 bridgehead atoms. The third-order valence-corrected chi connectivity index (χ3v) is 2.57. The molecule has 76 valence electrons. The fraction of sp³-hybridized carbons (Fsp3) is 0.636. The number of hydrogen-bond donors (Lipinski definition) is 0. The minimum absolute atomic E-state index is 0.440. The van der Waals surface area contributed by atoms with E-state index in [9.17, 15) is 0 Å². The fourth-order valence-electron chi connectivity index (χ4n) is 1.09. The molecule has 0 spiro atoms. The lowest BCUT2D eigenvalue weighted by molar-refractivity contribution is 0.637. The molecule has 0 aromatic carbocycles. The molecule has 0 saturated carbocycles. The SMILES string of the molecule is C=C(Cl)C(Cl)=CCCCCCCC. The molecule has 0 rings (SSSR count). The van der Waals surface area contributed by atoms with Crippen LogP contribution >= 0.6 is 23.2 Å². The van der Waals surface area contributed by atoms with E-state index < -0.39 is 0 Å². The van der Waals surface area contributed by atoms with Crippen LogP contribution < -0.4 is 0 Å². The van der Waals surface area contributed by atoms with Crippen LogP contribution in [0.2, 0.25) is 0 Å². The number of hydrogen-bond acceptors (Lipinski definition) is 0. The first-order valence-corrected chi connectivity index (χ1v) is 5.64. The molecule has 0 amide bonds. The molecular formula is C11H18Cl2. The van der Waals surface area contributed by atoms with Gasteiger partial charge in [0.2, 0.25) is 0 Å². The smallest absolute Gasteiger partial charge is 0.0546 e. The zero-order chi connectivity index (χ0) is 10.1. The highest BCUT2D eigenvalue weighted by Crippen LogP contribution is 2.18. The second kappa shape index (κ2) is 8.65. The molecule has 0 aliphatic carbocycles. The highest BCUT2D eigenvalue weighted by Gasteiger charge is 1.93. The average molecular weight is 221 g/mol. The number of halogens is 2. The second-order valence-electron chi connectivity index (χ2n) is 3.16. The van der Waals surface area contributed by atoms with Crippen molar-refractivity contribution in [2.75, 3.05) is 0 Å². The van der Waals surface area contributed by atoms with Crippen LogP contribution in [0.3, 0.4) is 0 Å². The normalized spacial score (nSPS) is 11.8. The first-order valence-electron chi connectivity index (χ1n) is 4.89. The maximum Gasteiger partial charge on any atom is 0.0546 e. The Labute approximate surface area is 91.6 Å². The Bertz CT molecular complexity index is 171. The first-order chi connectivity index (χ1) is 6.18. The van der Waals surface area contributed by atoms with Crippen LogP contribution in [0.25, 0.3) is 0 Å². The third-order valence-electron chi connectivity index (χ3n) is 1.89. The Morgan fingerprint density at radius 1 is 1.15 bits per heavy atom. The van der Waals surface area contributed by atoms with Crippen molar-refractivity contribution in [1.29, 1.82) is 0 Å². The fourth-order valence-corrected chi connectivity index (χ4v) is 1.27. The molecule has 0 unspecified atom stereocenters. The van der Waals surface area contributed by atoms with E-state index in [4.69, 9.17) is 23.2 Å². The largest absolute Gasteiger partial charge is 0.0834 e. The summed E-state index contributed by atoms with van der Waals surface area (Å²) in [6, 6.07) is 0. The number of allylic oxidation sites excluding steroid dienone is 3. The van der Waals surface area contributed by atoms with Crippen molar-refractivity contribution in [2.24, 2.45) is 0 Å². The van der Waals surface area contributed by atoms with E-state index in [2.05, 4.69) is 13.5 Å². The third kappa shape index (κ3) is 8.39. The lowest BCUT2D eigenvalue weighted by atomic mass is 10.1. The maximum atomic E-state index is 5.79. The van der Waals surface area contributed by atoms with Crippen molar-refractivity contribution in [3.63, 3.8) is 0 Å². The van der Waals surface area contributed by atoms with Crippen LogP contribution in [0.15, 0.2) is 22.7 Å². The Balaban J connectivity index is 3.34. The van der Waals surface area contributed by atoms with Gasteiger partial charge in [0.05, 0.1) is 10.1 Å². The van der Waals surface area contributed by atoms with Crippen molar-refractivity contribution in [3.8, 4) is 0 Å². The minimum atomic E-state index is 0.440. The summed E-state index contributed by atoms with van der Waals surface area (Å²) in [6.45, 7) is 5.77. The van der Waals surface area contributed by atoms with Crippen molar-refractivity contribution in [2.45, 2.75) is 45.4 Å². The van der Waals surface area contributed by atoms with E-state index >= 15 is 0 Å². The second-order valence-corrected chi connectivity index (χ2v) is 4.02. The minimum Gasteiger partial charge on any atom is -0.0834 e. The predicted molar refractivity (Wildman–Crippen MR) is 62.3 cm³/mol. The van der Waals surface area contributed by atoms with Crippen LogP contribution in [-0.2, 0) is 0 Å². The van der Waals surface area contributed by atoms with Gasteiger partial charge < -0.3 is 0 Å². The summed E-state index contributed by atoms with van der Waals surface area (Å²) in [4.78, 5) is 0. The van der Waals surface area contributed by atoms with Gasteiger partial charge >= 0.3 is 0 Å². The van der Waals surface area contributed by atoms with Gasteiger partial charge in [0, 0.05) is 0 Å². The van der Waals surface area contributed by atoms with Gasteiger partial charge in [-0.3, -0.25) is 0 Å². The summed E-state index contributed by atoms with van der Waals surface area (Å²) < 4.78 is 0. The Hall–Kier alpha value is 0.0600. The highest BCUT2D eigenvalue weighted by molar-refractivity contribution is 6.43. The average Bonchev–Trinajstić information content (AvgIpc) is 2.10. The van der Waals surface area contributed by atoms with Gasteiger partial charge in [0.1, 0.15) is 0 Å². The van der Waals surface area contributed by atoms with Crippen molar-refractivity contribution >= 4 is 23.2 Å². The number of unbranched alkanes of at least 4 members (excludes halogenated alkanes) is 5. The molecule has 0 N–H and O–H groups in total. The topological polar surface area (TPSA) is 0 Å². The molecule has 0 radical (unpaired) electrons. The highest BCUT2D eigenvalue weighted by atomic mass is 35.5. The standard InChI is InChI=1S/C11H18Cl2/c1-3-4-5-6-7-8-9-11(13)10(2)12/h9H,2-8H2,1H3. The summed E-state index contributed by atoms with van der Waals surface area (Å²) in [5.74, 6) is 0. The van der Waals surface area contributed by atoms with Crippen LogP contribution in [0.1, 0.15) is 45.4 Å². The molecule has 0 atom stereocenters. The summed E-state index contributed by atoms with van der Waals surface area (Å²) in [6.07, 6.45) is 9.37. The molecule has 13 heavy (non-hydrogen) atoms. The van der Waals surface area contributed by atoms with Crippen molar-refractivity contribution in [1.82, 2.24) is 0 Å². The monoisotopic (exact) mass is 220 g/mol. The van der Waals surface area contributed by atoms with Crippen LogP contribution in [-0.4, -0.2) is 0 Å². The lowest BCUT2D eigenvalue weighted by Gasteiger charge is -1.97. The maximum absolute atomic E-state index is 5.79. The molecule has 0 nitrogen and oxygen atoms in total. The Morgan fingerprint density at radius 2 is 1.77 bits per heavy atom. The zero-order valence-corrected chi connectivity index (χ0v) is 9.79. The lowest BCUT2D eigenvalue weighted by Crippen LogP contribution is -1.77. The van der Waals surface area contributed by atoms with Crippen LogP contribution in [0.5, 0.6) is 0 Å². The van der Waals surface area contributed by atoms with Gasteiger partial charge in [-0.2, -0.15) is 0 Å². The molecule has 0 aromatic rings. The number of rotatable bonds is 7. The van der Waals surface area contributed by atoms with Crippen LogP contribution in [0, 0.1) is 0 Å². The van der Waals surface area contributed by atoms with Gasteiger partial charge in [-0.25, -0.2) is 0 Å². The summed E-state index contributed by atoms with van der Waals surface area (Å²) in [5, 5.41) is 1.03. The van der Waals surface area contributed by atoms with E-state index in [0.29, 0.717) is 10.1 Å². The molecule has 0 fully saturated rings. The van der Waals surface area contributed by atoms with E-state index in [1.165, 1.54) is 32.1 Å². The summed E-state index contributed by atoms with van der Waals surface area (Å²) >= 11 is 11.4. The van der Waals surface area contributed by atoms with E-state index in [1.807, 2.05) is 6.08 Å². The molecule has 2 heteroatoms. The van der Waals surface area contributed by atoms with Gasteiger partial charge in [0.15, 0.2) is 0 Å². The van der Waals surface area contributed by atoms with Gasteiger partial charge in [-0.05, 0) is 12.8 Å². The van der Waals surface area contributed by atoms with E-state index in [0.717, 1.165) is 6.42 Å². The van der Waals surface area contributed by atoms with E-state index in [-0.39, 0.29) is 0 Å². The van der Waals surface area contributed by atoms with Gasteiger partial charge in [-0.15, -0.1) is 0 Å². The molecule has 0 aromatic heterocycles. The zero-order valence-electron chi connectivity index (χ0n) is 8.28. The van der Waals surface area contributed by atoms with Gasteiger partial charge in [-0.1, -0.05) is 68.5 Å². The Morgan fingerprint density at radius 3 is 2.31 bits per heavy atom. The Kier molecular flexibility index (Phi) is 8.69. The molecular weight excluding hydrogens is 203 g/mol. The predicted octanol–water partition coefficient (Wildman–Crippen LogP) is 5.22. The van der Waals surface area contributed by atoms with Gasteiger partial charge in [0.25, 0.3) is 0 Å². The summed E-state index contributed by atoms with van der Waals surface area (Å²) in [7, 11) is 0. The van der Waals surface area contributed by atoms with Crippen LogP contribution in [0.4, 0.5) is 0 Å². The first kappa shape index (κ1) is 13.1.